The lowest BCUT2D eigenvalue weighted by molar-refractivity contribution is -0.136. The molecular weight excluding hydrogens is 643 g/mol. The minimum Gasteiger partial charge on any atom is -0.480 e. The average molecular weight is 688 g/mol. The summed E-state index contributed by atoms with van der Waals surface area (Å²) in [7, 11) is 1.79. The fraction of sp³-hybridized carbons (Fsp3) is 0.395. The van der Waals surface area contributed by atoms with E-state index in [0.29, 0.717) is 43.0 Å². The van der Waals surface area contributed by atoms with E-state index in [1.54, 1.807) is 41.7 Å². The highest BCUT2D eigenvalue weighted by atomic mass is 32.2. The second kappa shape index (κ2) is 15.6. The second-order valence-corrected chi connectivity index (χ2v) is 16.1. The number of likely N-dealkylation sites (tertiary alicyclic amines) is 1. The van der Waals surface area contributed by atoms with Crippen molar-refractivity contribution >= 4 is 47.9 Å². The zero-order chi connectivity index (χ0) is 34.3. The molecule has 1 N–H and O–H groups in total. The number of piperidine rings is 1. The number of fused-ring (bicyclic) bond motifs is 1. The lowest BCUT2D eigenvalue weighted by Crippen LogP contribution is -2.54. The summed E-state index contributed by atoms with van der Waals surface area (Å²) in [5, 5.41) is 2.84. The number of anilines is 1. The molecule has 2 heterocycles. The van der Waals surface area contributed by atoms with E-state index < -0.39 is 9.68 Å². The number of carbonyl (C=O) groups is 3. The van der Waals surface area contributed by atoms with Gasteiger partial charge in [-0.3, -0.25) is 14.4 Å². The van der Waals surface area contributed by atoms with Gasteiger partial charge < -0.3 is 24.6 Å². The number of hydrogen-bond donors (Lipinski definition) is 1. The first-order valence-electron chi connectivity index (χ1n) is 16.4. The van der Waals surface area contributed by atoms with Crippen molar-refractivity contribution in [2.45, 2.75) is 90.9 Å². The smallest absolute Gasteiger partial charge is 0.249 e. The normalized spacial score (nSPS) is 19.1. The minimum absolute atomic E-state index is 0.0650. The molecule has 0 saturated carbocycles. The largest absolute Gasteiger partial charge is 0.480 e. The number of ether oxygens (including phenoxy) is 2. The molecule has 2 aliphatic rings. The molecule has 10 heteroatoms. The van der Waals surface area contributed by atoms with E-state index in [0.717, 1.165) is 34.6 Å². The monoisotopic (exact) mass is 687 g/mol. The number of hydrogen-bond acceptors (Lipinski definition) is 7. The highest BCUT2D eigenvalue weighted by molar-refractivity contribution is 8.19. The van der Waals surface area contributed by atoms with Gasteiger partial charge in [0.05, 0.1) is 11.9 Å². The van der Waals surface area contributed by atoms with Crippen molar-refractivity contribution < 1.29 is 23.9 Å². The lowest BCUT2D eigenvalue weighted by Gasteiger charge is -2.45. The maximum Gasteiger partial charge on any atom is 0.249 e. The van der Waals surface area contributed by atoms with E-state index in [9.17, 15) is 14.4 Å². The van der Waals surface area contributed by atoms with Gasteiger partial charge in [0, 0.05) is 35.5 Å². The molecular formula is C38H45N3O5S2. The Hall–Kier alpha value is -3.89. The first-order valence-corrected chi connectivity index (χ1v) is 18.1. The van der Waals surface area contributed by atoms with Crippen LogP contribution >= 0.6 is 23.5 Å². The maximum atomic E-state index is 14.6. The quantitative estimate of drug-likeness (QED) is 0.136. The van der Waals surface area contributed by atoms with Crippen LogP contribution in [0.2, 0.25) is 0 Å². The standard InChI is InChI=1S/C38H45N3O5S2/c1-27(32-16-17-33-35(34(32)39-25-42)45-23-21-37(3,4)46-33)24-29(40(5)26-43)19-22-41-28(2)18-20-38(36(41)44,47-30-12-8-6-9-13-30)48-31-14-10-7-11-15-31/h6-17,21,23,25-29H,18-20,22,24H2,1-5H3,(H,39,42). The van der Waals surface area contributed by atoms with Crippen LogP contribution in [0.3, 0.4) is 0 Å². The number of thioether (sulfide) groups is 2. The number of nitrogens with zero attached hydrogens (tertiary/aromatic N) is 2. The Balaban J connectivity index is 1.37. The third-order valence-corrected chi connectivity index (χ3v) is 12.0. The molecule has 5 rings (SSSR count). The molecule has 0 spiro atoms. The van der Waals surface area contributed by atoms with Gasteiger partial charge in [0.2, 0.25) is 18.7 Å². The van der Waals surface area contributed by atoms with Gasteiger partial charge in [0.25, 0.3) is 0 Å². The van der Waals surface area contributed by atoms with Crippen LogP contribution in [-0.2, 0) is 14.4 Å². The van der Waals surface area contributed by atoms with Gasteiger partial charge in [0.1, 0.15) is 9.68 Å². The highest BCUT2D eigenvalue weighted by Crippen LogP contribution is 2.52. The van der Waals surface area contributed by atoms with Crippen LogP contribution in [0.15, 0.2) is 94.9 Å². The summed E-state index contributed by atoms with van der Waals surface area (Å²) in [6, 6.07) is 24.0. The van der Waals surface area contributed by atoms with Crippen molar-refractivity contribution in [3.05, 3.63) is 90.7 Å². The molecule has 0 aliphatic carbocycles. The van der Waals surface area contributed by atoms with Gasteiger partial charge >= 0.3 is 0 Å². The van der Waals surface area contributed by atoms with Gasteiger partial charge in [-0.2, -0.15) is 0 Å². The minimum atomic E-state index is -0.711. The van der Waals surface area contributed by atoms with Gasteiger partial charge in [-0.25, -0.2) is 0 Å². The molecule has 48 heavy (non-hydrogen) atoms. The van der Waals surface area contributed by atoms with Crippen molar-refractivity contribution in [2.24, 2.45) is 0 Å². The van der Waals surface area contributed by atoms with Crippen molar-refractivity contribution in [1.29, 1.82) is 0 Å². The number of carbonyl (C=O) groups excluding carboxylic acids is 3. The molecule has 254 valence electrons. The van der Waals surface area contributed by atoms with E-state index in [1.165, 1.54) is 0 Å². The molecule has 8 nitrogen and oxygen atoms in total. The van der Waals surface area contributed by atoms with Crippen LogP contribution in [0.4, 0.5) is 5.69 Å². The Bertz CT molecular complexity index is 1560. The Labute approximate surface area is 292 Å². The number of amides is 3. The summed E-state index contributed by atoms with van der Waals surface area (Å²) >= 11 is 3.27. The van der Waals surface area contributed by atoms with Crippen molar-refractivity contribution in [1.82, 2.24) is 9.80 Å². The molecule has 1 fully saturated rings. The van der Waals surface area contributed by atoms with E-state index >= 15 is 0 Å². The van der Waals surface area contributed by atoms with Crippen LogP contribution in [-0.4, -0.2) is 63.9 Å². The van der Waals surface area contributed by atoms with Crippen LogP contribution in [0.25, 0.3) is 0 Å². The Morgan fingerprint density at radius 2 is 1.67 bits per heavy atom. The molecule has 3 unspecified atom stereocenters. The Kier molecular flexibility index (Phi) is 11.5. The predicted octanol–water partition coefficient (Wildman–Crippen LogP) is 7.95. The summed E-state index contributed by atoms with van der Waals surface area (Å²) in [4.78, 5) is 44.3. The zero-order valence-electron chi connectivity index (χ0n) is 28.3. The molecule has 3 amide bonds. The molecule has 1 saturated heterocycles. The molecule has 0 radical (unpaired) electrons. The molecule has 3 aromatic rings. The Morgan fingerprint density at radius 1 is 1.02 bits per heavy atom. The topological polar surface area (TPSA) is 88.2 Å². The third kappa shape index (κ3) is 8.21. The van der Waals surface area contributed by atoms with Gasteiger partial charge in [-0.1, -0.05) is 72.9 Å². The summed E-state index contributed by atoms with van der Waals surface area (Å²) in [5.41, 5.74) is 0.848. The van der Waals surface area contributed by atoms with Crippen molar-refractivity contribution in [2.75, 3.05) is 18.9 Å². The van der Waals surface area contributed by atoms with Crippen LogP contribution < -0.4 is 14.8 Å². The summed E-state index contributed by atoms with van der Waals surface area (Å²) < 4.78 is 11.4. The van der Waals surface area contributed by atoms with Crippen molar-refractivity contribution in [3.63, 3.8) is 0 Å². The first-order chi connectivity index (χ1) is 23.1. The predicted molar refractivity (Wildman–Crippen MR) is 194 cm³/mol. The SMILES string of the molecule is CC(CC(CCN1C(=O)C(Sc2ccccc2)(Sc2ccccc2)CCC1C)N(C)C=O)c1ccc2c(c1NC=O)OC=CC(C)(C)O2. The first kappa shape index (κ1) is 35.4. The number of benzene rings is 3. The average Bonchev–Trinajstić information content (AvgIpc) is 3.23. The van der Waals surface area contributed by atoms with Gasteiger partial charge in [-0.15, -0.1) is 0 Å². The van der Waals surface area contributed by atoms with Crippen LogP contribution in [0, 0.1) is 0 Å². The number of nitrogens with one attached hydrogen (secondary N) is 1. The summed E-state index contributed by atoms with van der Waals surface area (Å²) in [6.45, 7) is 8.58. The summed E-state index contributed by atoms with van der Waals surface area (Å²) in [5.74, 6) is 1.03. The van der Waals surface area contributed by atoms with Gasteiger partial charge in [-0.05, 0) is 94.3 Å². The summed E-state index contributed by atoms with van der Waals surface area (Å²) in [6.07, 6.45) is 7.75. The second-order valence-electron chi connectivity index (χ2n) is 13.1. The van der Waals surface area contributed by atoms with E-state index in [-0.39, 0.29) is 23.9 Å². The highest BCUT2D eigenvalue weighted by Gasteiger charge is 2.48. The lowest BCUT2D eigenvalue weighted by atomic mass is 9.90. The van der Waals surface area contributed by atoms with E-state index in [1.807, 2.05) is 73.4 Å². The molecule has 3 aromatic carbocycles. The zero-order valence-corrected chi connectivity index (χ0v) is 29.9. The number of rotatable bonds is 14. The molecule has 0 bridgehead atoms. The molecule has 3 atom stereocenters. The van der Waals surface area contributed by atoms with Crippen LogP contribution in [0.1, 0.15) is 64.9 Å². The van der Waals surface area contributed by atoms with Crippen LogP contribution in [0.5, 0.6) is 11.5 Å². The van der Waals surface area contributed by atoms with Crippen molar-refractivity contribution in [3.8, 4) is 11.5 Å². The molecule has 2 aliphatic heterocycles. The van der Waals surface area contributed by atoms with E-state index in [4.69, 9.17) is 9.47 Å². The van der Waals surface area contributed by atoms with Gasteiger partial charge in [0.15, 0.2) is 11.5 Å². The third-order valence-electron chi connectivity index (χ3n) is 9.05. The fourth-order valence-corrected chi connectivity index (χ4v) is 9.29. The Morgan fingerprint density at radius 3 is 2.27 bits per heavy atom. The molecule has 0 aromatic heterocycles. The maximum absolute atomic E-state index is 14.6. The van der Waals surface area contributed by atoms with E-state index in [2.05, 4.69) is 43.4 Å². The fourth-order valence-electron chi connectivity index (χ4n) is 6.35.